The zero-order valence-electron chi connectivity index (χ0n) is 14.0. The van der Waals surface area contributed by atoms with Crippen LogP contribution in [-0.2, 0) is 9.63 Å². The third-order valence-corrected chi connectivity index (χ3v) is 4.06. The molecule has 0 saturated heterocycles. The van der Waals surface area contributed by atoms with Gasteiger partial charge in [0.1, 0.15) is 0 Å². The third kappa shape index (κ3) is 5.20. The van der Waals surface area contributed by atoms with E-state index in [0.29, 0.717) is 5.92 Å². The van der Waals surface area contributed by atoms with Gasteiger partial charge in [-0.25, -0.2) is 0 Å². The van der Waals surface area contributed by atoms with Crippen molar-refractivity contribution in [2.45, 2.75) is 26.7 Å². The number of benzene rings is 2. The molecule has 0 aliphatic rings. The minimum Gasteiger partial charge on any atom is -0.386 e. The summed E-state index contributed by atoms with van der Waals surface area (Å²) in [6.45, 7) is 6.06. The Morgan fingerprint density at radius 2 is 1.96 bits per heavy atom. The highest BCUT2D eigenvalue weighted by atomic mass is 79.9. The Morgan fingerprint density at radius 3 is 2.62 bits per heavy atom. The van der Waals surface area contributed by atoms with Crippen LogP contribution < -0.4 is 5.32 Å². The summed E-state index contributed by atoms with van der Waals surface area (Å²) in [5.41, 5.74) is 3.91. The molecule has 0 aliphatic heterocycles. The van der Waals surface area contributed by atoms with E-state index in [9.17, 15) is 4.79 Å². The molecule has 0 radical (unpaired) electrons. The van der Waals surface area contributed by atoms with Crippen molar-refractivity contribution in [3.63, 3.8) is 0 Å². The summed E-state index contributed by atoms with van der Waals surface area (Å²) in [5.74, 6) is 0.107. The number of aryl methyl sites for hydroxylation is 1. The van der Waals surface area contributed by atoms with Crippen molar-refractivity contribution in [2.24, 2.45) is 5.16 Å². The minimum atomic E-state index is -0.223. The number of nitrogens with one attached hydrogen (secondary N) is 1. The molecule has 1 amide bonds. The summed E-state index contributed by atoms with van der Waals surface area (Å²) in [4.78, 5) is 17.2. The maximum atomic E-state index is 12.1. The molecule has 5 heteroatoms. The molecule has 2 aromatic carbocycles. The third-order valence-electron chi connectivity index (χ3n) is 3.53. The summed E-state index contributed by atoms with van der Waals surface area (Å²) in [5, 5.41) is 6.75. The van der Waals surface area contributed by atoms with E-state index in [2.05, 4.69) is 40.2 Å². The average molecular weight is 389 g/mol. The summed E-state index contributed by atoms with van der Waals surface area (Å²) >= 11 is 3.37. The predicted molar refractivity (Wildman–Crippen MR) is 102 cm³/mol. The van der Waals surface area contributed by atoms with Crippen molar-refractivity contribution in [2.75, 3.05) is 11.9 Å². The summed E-state index contributed by atoms with van der Waals surface area (Å²) in [6.07, 6.45) is 1.58. The molecule has 0 aliphatic carbocycles. The second-order valence-corrected chi connectivity index (χ2v) is 6.72. The van der Waals surface area contributed by atoms with E-state index >= 15 is 0 Å². The van der Waals surface area contributed by atoms with Gasteiger partial charge in [-0.05, 0) is 41.7 Å². The quantitative estimate of drug-likeness (QED) is 0.566. The molecule has 0 fully saturated rings. The number of halogens is 1. The Morgan fingerprint density at radius 1 is 1.25 bits per heavy atom. The lowest BCUT2D eigenvalue weighted by Crippen LogP contribution is -2.19. The van der Waals surface area contributed by atoms with E-state index in [1.807, 2.05) is 49.4 Å². The van der Waals surface area contributed by atoms with Crippen molar-refractivity contribution in [1.29, 1.82) is 0 Å². The van der Waals surface area contributed by atoms with Gasteiger partial charge >= 0.3 is 0 Å². The Kier molecular flexibility index (Phi) is 6.55. The number of oxime groups is 1. The molecule has 4 nitrogen and oxygen atoms in total. The number of hydrogen-bond donors (Lipinski definition) is 1. The highest BCUT2D eigenvalue weighted by molar-refractivity contribution is 9.10. The summed E-state index contributed by atoms with van der Waals surface area (Å²) in [7, 11) is 0. The Hall–Kier alpha value is -2.14. The van der Waals surface area contributed by atoms with Gasteiger partial charge in [-0.1, -0.05) is 65.3 Å². The van der Waals surface area contributed by atoms with E-state index in [1.165, 1.54) is 0 Å². The molecule has 0 spiro atoms. The van der Waals surface area contributed by atoms with Gasteiger partial charge in [-0.15, -0.1) is 0 Å². The lowest BCUT2D eigenvalue weighted by molar-refractivity contribution is -0.120. The largest absolute Gasteiger partial charge is 0.386 e. The van der Waals surface area contributed by atoms with Gasteiger partial charge in [0.2, 0.25) is 0 Å². The summed E-state index contributed by atoms with van der Waals surface area (Å²) in [6, 6.07) is 13.6. The van der Waals surface area contributed by atoms with Gasteiger partial charge in [0.25, 0.3) is 5.91 Å². The van der Waals surface area contributed by atoms with Crippen molar-refractivity contribution in [1.82, 2.24) is 0 Å². The maximum absolute atomic E-state index is 12.1. The summed E-state index contributed by atoms with van der Waals surface area (Å²) < 4.78 is 0.999. The second kappa shape index (κ2) is 8.64. The van der Waals surface area contributed by atoms with E-state index < -0.39 is 0 Å². The van der Waals surface area contributed by atoms with E-state index in [1.54, 1.807) is 6.21 Å². The molecule has 2 rings (SSSR count). The van der Waals surface area contributed by atoms with Crippen LogP contribution in [0.15, 0.2) is 52.1 Å². The van der Waals surface area contributed by atoms with Crippen molar-refractivity contribution < 1.29 is 9.63 Å². The number of amides is 1. The van der Waals surface area contributed by atoms with E-state index in [0.717, 1.165) is 26.9 Å². The number of rotatable bonds is 6. The van der Waals surface area contributed by atoms with Crippen LogP contribution in [0.5, 0.6) is 0 Å². The Labute approximate surface area is 151 Å². The molecule has 0 aromatic heterocycles. The highest BCUT2D eigenvalue weighted by Crippen LogP contribution is 2.27. The molecule has 126 valence electrons. The smallest absolute Gasteiger partial charge is 0.265 e. The normalized spacial score (nSPS) is 11.0. The Balaban J connectivity index is 1.91. The zero-order valence-corrected chi connectivity index (χ0v) is 15.6. The first-order valence-corrected chi connectivity index (χ1v) is 8.57. The average Bonchev–Trinajstić information content (AvgIpc) is 2.55. The SMILES string of the molecule is Cc1cccc(C(C)C)c1NC(=O)CO/N=C\c1ccc(Br)cc1. The molecule has 0 bridgehead atoms. The number of carbonyl (C=O) groups is 1. The first-order chi connectivity index (χ1) is 11.5. The lowest BCUT2D eigenvalue weighted by atomic mass is 9.98. The maximum Gasteiger partial charge on any atom is 0.265 e. The first-order valence-electron chi connectivity index (χ1n) is 7.77. The van der Waals surface area contributed by atoms with Gasteiger partial charge in [-0.3, -0.25) is 4.79 Å². The topological polar surface area (TPSA) is 50.7 Å². The van der Waals surface area contributed by atoms with E-state index in [4.69, 9.17) is 4.84 Å². The molecule has 2 aromatic rings. The van der Waals surface area contributed by atoms with Crippen LogP contribution in [0.4, 0.5) is 5.69 Å². The molecular weight excluding hydrogens is 368 g/mol. The van der Waals surface area contributed by atoms with Crippen LogP contribution >= 0.6 is 15.9 Å². The van der Waals surface area contributed by atoms with E-state index in [-0.39, 0.29) is 12.5 Å². The van der Waals surface area contributed by atoms with Gasteiger partial charge in [0.05, 0.1) is 6.21 Å². The second-order valence-electron chi connectivity index (χ2n) is 5.80. The van der Waals surface area contributed by atoms with Gasteiger partial charge in [0, 0.05) is 10.2 Å². The minimum absolute atomic E-state index is 0.126. The molecule has 0 heterocycles. The lowest BCUT2D eigenvalue weighted by Gasteiger charge is -2.16. The fourth-order valence-electron chi connectivity index (χ4n) is 2.26. The first kappa shape index (κ1) is 18.2. The fourth-order valence-corrected chi connectivity index (χ4v) is 2.53. The van der Waals surface area contributed by atoms with Crippen LogP contribution in [0.1, 0.15) is 36.5 Å². The van der Waals surface area contributed by atoms with Gasteiger partial charge in [0.15, 0.2) is 6.61 Å². The van der Waals surface area contributed by atoms with Crippen LogP contribution in [0.25, 0.3) is 0 Å². The number of nitrogens with zero attached hydrogens (tertiary/aromatic N) is 1. The molecule has 1 N–H and O–H groups in total. The number of para-hydroxylation sites is 1. The molecular formula is C19H21BrN2O2. The molecule has 24 heavy (non-hydrogen) atoms. The van der Waals surface area contributed by atoms with Gasteiger partial charge in [-0.2, -0.15) is 0 Å². The number of carbonyl (C=O) groups excluding carboxylic acids is 1. The standard InChI is InChI=1S/C19H21BrN2O2/c1-13(2)17-6-4-5-14(3)19(17)22-18(23)12-24-21-11-15-7-9-16(20)10-8-15/h4-11,13H,12H2,1-3H3,(H,22,23)/b21-11-. The number of hydrogen-bond acceptors (Lipinski definition) is 3. The van der Waals surface area contributed by atoms with Crippen molar-refractivity contribution in [3.8, 4) is 0 Å². The highest BCUT2D eigenvalue weighted by Gasteiger charge is 2.12. The molecule has 0 unspecified atom stereocenters. The van der Waals surface area contributed by atoms with Gasteiger partial charge < -0.3 is 10.2 Å². The Bertz CT molecular complexity index is 725. The molecule has 0 atom stereocenters. The fraction of sp³-hybridized carbons (Fsp3) is 0.263. The van der Waals surface area contributed by atoms with Crippen LogP contribution in [-0.4, -0.2) is 18.7 Å². The van der Waals surface area contributed by atoms with Crippen LogP contribution in [0, 0.1) is 6.92 Å². The zero-order chi connectivity index (χ0) is 17.5. The predicted octanol–water partition coefficient (Wildman–Crippen LogP) is 4.87. The van der Waals surface area contributed by atoms with Crippen molar-refractivity contribution >= 4 is 33.7 Å². The molecule has 0 saturated carbocycles. The van der Waals surface area contributed by atoms with Crippen LogP contribution in [0.2, 0.25) is 0 Å². The monoisotopic (exact) mass is 388 g/mol. The van der Waals surface area contributed by atoms with Crippen LogP contribution in [0.3, 0.4) is 0 Å². The van der Waals surface area contributed by atoms with Crippen molar-refractivity contribution in [3.05, 3.63) is 63.6 Å². The number of anilines is 1.